The van der Waals surface area contributed by atoms with Crippen LogP contribution in [-0.4, -0.2) is 22.9 Å². The molecule has 0 spiro atoms. The van der Waals surface area contributed by atoms with Gasteiger partial charge in [0.25, 0.3) is 0 Å². The predicted octanol–water partition coefficient (Wildman–Crippen LogP) is 6.75. The Labute approximate surface area is 212 Å². The van der Waals surface area contributed by atoms with Gasteiger partial charge in [-0.2, -0.15) is 0 Å². The lowest BCUT2D eigenvalue weighted by Gasteiger charge is -2.32. The van der Waals surface area contributed by atoms with E-state index in [0.29, 0.717) is 11.0 Å². The highest BCUT2D eigenvalue weighted by atomic mass is 16.7. The van der Waals surface area contributed by atoms with Crippen molar-refractivity contribution in [3.05, 3.63) is 96.9 Å². The van der Waals surface area contributed by atoms with E-state index >= 15 is 0 Å². The number of rotatable bonds is 3. The molecular weight excluding hydrogens is 417 g/mol. The molecule has 4 aromatic carbocycles. The van der Waals surface area contributed by atoms with Crippen molar-refractivity contribution in [2.45, 2.75) is 38.9 Å². The van der Waals surface area contributed by atoms with E-state index in [4.69, 9.17) is 18.9 Å². The van der Waals surface area contributed by atoms with E-state index in [9.17, 15) is 1.37 Å². The fourth-order valence-corrected chi connectivity index (χ4v) is 4.26. The summed E-state index contributed by atoms with van der Waals surface area (Å²) in [5.74, 6) is 0. The van der Waals surface area contributed by atoms with Crippen molar-refractivity contribution in [1.29, 1.82) is 0 Å². The predicted molar refractivity (Wildman–Crippen MR) is 142 cm³/mol. The van der Waals surface area contributed by atoms with Crippen molar-refractivity contribution in [2.75, 3.05) is 0 Å². The van der Waals surface area contributed by atoms with Crippen LogP contribution in [0.4, 0.5) is 0 Å². The summed E-state index contributed by atoms with van der Waals surface area (Å²) in [5, 5.41) is 1.76. The zero-order valence-electron chi connectivity index (χ0n) is 27.5. The molecule has 1 aliphatic rings. The van der Waals surface area contributed by atoms with E-state index in [2.05, 4.69) is 0 Å². The van der Waals surface area contributed by atoms with E-state index in [1.807, 2.05) is 76.2 Å². The first kappa shape index (κ1) is 14.2. The average molecular weight is 453 g/mol. The quantitative estimate of drug-likeness (QED) is 0.282. The molecule has 1 aromatic heterocycles. The molecule has 168 valence electrons. The van der Waals surface area contributed by atoms with Gasteiger partial charge in [-0.25, -0.2) is 0 Å². The lowest BCUT2D eigenvalue weighted by molar-refractivity contribution is 0.00578. The van der Waals surface area contributed by atoms with Crippen LogP contribution in [0.1, 0.15) is 38.7 Å². The second-order valence-corrected chi connectivity index (χ2v) is 9.47. The van der Waals surface area contributed by atoms with Gasteiger partial charge in [-0.1, -0.05) is 72.7 Å². The van der Waals surface area contributed by atoms with Gasteiger partial charge in [0.15, 0.2) is 0 Å². The number of para-hydroxylation sites is 2. The van der Waals surface area contributed by atoms with Crippen LogP contribution >= 0.6 is 0 Å². The smallest absolute Gasteiger partial charge is 0.399 e. The third-order valence-electron chi connectivity index (χ3n) is 6.80. The highest BCUT2D eigenvalue weighted by Crippen LogP contribution is 2.37. The van der Waals surface area contributed by atoms with Gasteiger partial charge < -0.3 is 13.9 Å². The Balaban J connectivity index is 1.65. The van der Waals surface area contributed by atoms with E-state index in [-0.39, 0.29) is 34.4 Å². The molecule has 0 atom stereocenters. The summed E-state index contributed by atoms with van der Waals surface area (Å²) >= 11 is 0. The van der Waals surface area contributed by atoms with Crippen molar-refractivity contribution >= 4 is 34.4 Å². The lowest BCUT2D eigenvalue weighted by atomic mass is 9.78. The van der Waals surface area contributed by atoms with E-state index in [1.54, 1.807) is 4.57 Å². The Hall–Kier alpha value is -3.34. The maximum absolute atomic E-state index is 9.27. The molecule has 0 aliphatic carbocycles. The third kappa shape index (κ3) is 3.29. The minimum Gasteiger partial charge on any atom is -0.399 e. The van der Waals surface area contributed by atoms with Gasteiger partial charge >= 0.3 is 7.12 Å². The van der Waals surface area contributed by atoms with Gasteiger partial charge in [-0.3, -0.25) is 0 Å². The van der Waals surface area contributed by atoms with E-state index in [0.717, 1.165) is 10.8 Å². The number of benzene rings is 4. The zero-order valence-corrected chi connectivity index (χ0v) is 19.5. The summed E-state index contributed by atoms with van der Waals surface area (Å²) in [6.45, 7) is 7.30. The zero-order chi connectivity index (χ0) is 30.5. The summed E-state index contributed by atoms with van der Waals surface area (Å²) in [6, 6.07) is 11.6. The fourth-order valence-electron chi connectivity index (χ4n) is 4.26. The summed E-state index contributed by atoms with van der Waals surface area (Å²) in [6.07, 6.45) is 0. The summed E-state index contributed by atoms with van der Waals surface area (Å²) in [7, 11) is -1.15. The number of aromatic nitrogens is 1. The van der Waals surface area contributed by atoms with Crippen LogP contribution in [0.15, 0.2) is 96.9 Å². The first-order valence-corrected chi connectivity index (χ1v) is 11.2. The van der Waals surface area contributed by atoms with Gasteiger partial charge in [0, 0.05) is 16.5 Å². The van der Waals surface area contributed by atoms with Crippen molar-refractivity contribution in [3.63, 3.8) is 0 Å². The Morgan fingerprint density at radius 2 is 1.26 bits per heavy atom. The molecule has 1 aliphatic heterocycles. The third-order valence-corrected chi connectivity index (χ3v) is 6.80. The molecule has 0 bridgehead atoms. The highest BCUT2D eigenvalue weighted by molar-refractivity contribution is 6.62. The molecule has 0 saturated carbocycles. The Kier molecular flexibility index (Phi) is 3.16. The van der Waals surface area contributed by atoms with Crippen LogP contribution in [0.2, 0.25) is 0 Å². The molecule has 0 amide bonds. The van der Waals surface area contributed by atoms with Crippen LogP contribution in [0.5, 0.6) is 0 Å². The maximum Gasteiger partial charge on any atom is 0.494 e. The SMILES string of the molecule is [2H]c1c([2H])c(-c2c([2H])c([2H])c(B3OC(C)(C)C(C)(C)O3)c([2H])c2[2H])c([2H])c(-n2c3ccccc3c3ccccc32)c1[2H]. The molecule has 1 saturated heterocycles. The van der Waals surface area contributed by atoms with Crippen LogP contribution in [0, 0.1) is 0 Å². The topological polar surface area (TPSA) is 23.4 Å². The highest BCUT2D eigenvalue weighted by Gasteiger charge is 2.51. The van der Waals surface area contributed by atoms with E-state index < -0.39 is 54.6 Å². The minimum atomic E-state index is -1.15. The minimum absolute atomic E-state index is 0.0234. The van der Waals surface area contributed by atoms with Gasteiger partial charge in [-0.05, 0) is 68.5 Å². The van der Waals surface area contributed by atoms with Crippen molar-refractivity contribution in [3.8, 4) is 16.8 Å². The fraction of sp³-hybridized carbons (Fsp3) is 0.200. The summed E-state index contributed by atoms with van der Waals surface area (Å²) in [4.78, 5) is 0. The summed E-state index contributed by atoms with van der Waals surface area (Å²) in [5.41, 5.74) is -0.737. The second-order valence-electron chi connectivity index (χ2n) is 9.47. The number of fused-ring (bicyclic) bond motifs is 3. The molecule has 5 aromatic rings. The van der Waals surface area contributed by atoms with Crippen LogP contribution < -0.4 is 5.46 Å². The lowest BCUT2D eigenvalue weighted by Crippen LogP contribution is -2.41. The molecule has 6 rings (SSSR count). The molecule has 0 N–H and O–H groups in total. The molecule has 3 nitrogen and oxygen atoms in total. The molecular formula is C30H28BNO2. The first-order chi connectivity index (χ1) is 19.7. The molecule has 34 heavy (non-hydrogen) atoms. The first-order valence-electron chi connectivity index (χ1n) is 15.2. The van der Waals surface area contributed by atoms with Gasteiger partial charge in [0.2, 0.25) is 0 Å². The number of nitrogens with zero attached hydrogens (tertiary/aromatic N) is 1. The number of hydrogen-bond donors (Lipinski definition) is 0. The Bertz CT molecular complexity index is 1850. The van der Waals surface area contributed by atoms with E-state index in [1.165, 1.54) is 0 Å². The Morgan fingerprint density at radius 1 is 0.706 bits per heavy atom. The van der Waals surface area contributed by atoms with Crippen LogP contribution in [-0.2, 0) is 9.31 Å². The standard InChI is InChI=1S/C30H28BNO2/c1-29(2)30(3,4)34-31(33-29)23-18-16-21(17-19-23)22-10-9-11-24(20-22)32-27-14-7-5-12-25(27)26-13-6-8-15-28(26)32/h5-20H,1-4H3/i9D,10D,11D,16D,17D,18D,19D,20D. The maximum atomic E-state index is 9.27. The van der Waals surface area contributed by atoms with Crippen LogP contribution in [0.25, 0.3) is 38.6 Å². The van der Waals surface area contributed by atoms with Crippen molar-refractivity contribution in [2.24, 2.45) is 0 Å². The van der Waals surface area contributed by atoms with Crippen molar-refractivity contribution < 1.29 is 20.3 Å². The molecule has 2 heterocycles. The average Bonchev–Trinajstić information content (AvgIpc) is 3.37. The van der Waals surface area contributed by atoms with Gasteiger partial charge in [0.05, 0.1) is 33.2 Å². The molecule has 1 fully saturated rings. The summed E-state index contributed by atoms with van der Waals surface area (Å²) < 4.78 is 84.8. The van der Waals surface area contributed by atoms with Gasteiger partial charge in [0.1, 0.15) is 0 Å². The molecule has 0 radical (unpaired) electrons. The number of hydrogen-bond acceptors (Lipinski definition) is 2. The normalized spacial score (nSPS) is 20.3. The van der Waals surface area contributed by atoms with Crippen LogP contribution in [0.3, 0.4) is 0 Å². The molecule has 4 heteroatoms. The Morgan fingerprint density at radius 3 is 1.85 bits per heavy atom. The van der Waals surface area contributed by atoms with Gasteiger partial charge in [-0.15, -0.1) is 0 Å². The monoisotopic (exact) mass is 453 g/mol. The van der Waals surface area contributed by atoms with Crippen molar-refractivity contribution in [1.82, 2.24) is 4.57 Å². The second kappa shape index (κ2) is 7.59. The largest absolute Gasteiger partial charge is 0.494 e. The molecule has 0 unspecified atom stereocenters.